The molecular formula is C11H22O2. The van der Waals surface area contributed by atoms with Gasteiger partial charge < -0.3 is 9.84 Å². The molecule has 2 nitrogen and oxygen atoms in total. The lowest BCUT2D eigenvalue weighted by atomic mass is 9.90. The first-order valence-electron chi connectivity index (χ1n) is 5.51. The van der Waals surface area contributed by atoms with Crippen LogP contribution >= 0.6 is 0 Å². The van der Waals surface area contributed by atoms with Crippen molar-refractivity contribution in [3.63, 3.8) is 0 Å². The van der Waals surface area contributed by atoms with Crippen LogP contribution in [0.5, 0.6) is 0 Å². The summed E-state index contributed by atoms with van der Waals surface area (Å²) < 4.78 is 5.75. The van der Waals surface area contributed by atoms with Gasteiger partial charge in [0.1, 0.15) is 0 Å². The molecule has 0 aromatic rings. The Morgan fingerprint density at radius 2 is 2.15 bits per heavy atom. The summed E-state index contributed by atoms with van der Waals surface area (Å²) in [5.41, 5.74) is -0.271. The van der Waals surface area contributed by atoms with Crippen molar-refractivity contribution in [2.75, 3.05) is 6.61 Å². The summed E-state index contributed by atoms with van der Waals surface area (Å²) in [7, 11) is 0. The molecule has 0 bridgehead atoms. The Morgan fingerprint density at radius 3 is 2.85 bits per heavy atom. The van der Waals surface area contributed by atoms with E-state index in [1.807, 2.05) is 0 Å². The van der Waals surface area contributed by atoms with Crippen molar-refractivity contribution >= 4 is 0 Å². The summed E-state index contributed by atoms with van der Waals surface area (Å²) in [6.07, 6.45) is 6.20. The van der Waals surface area contributed by atoms with E-state index in [4.69, 9.17) is 4.74 Å². The second-order valence-electron chi connectivity index (χ2n) is 4.28. The van der Waals surface area contributed by atoms with E-state index in [0.717, 1.165) is 32.3 Å². The van der Waals surface area contributed by atoms with E-state index in [-0.39, 0.29) is 11.7 Å². The molecule has 1 aliphatic rings. The molecule has 1 heterocycles. The van der Waals surface area contributed by atoms with Crippen LogP contribution in [0.3, 0.4) is 0 Å². The van der Waals surface area contributed by atoms with Crippen LogP contribution in [0.15, 0.2) is 0 Å². The van der Waals surface area contributed by atoms with Gasteiger partial charge in [-0.1, -0.05) is 26.2 Å². The standard InChI is InChI=1S/C11H22O2/c1-3-7-10(12)11(2)8-5-4-6-9-13-11/h10,12H,3-9H2,1-2H3. The van der Waals surface area contributed by atoms with Crippen LogP contribution in [0.1, 0.15) is 52.4 Å². The topological polar surface area (TPSA) is 29.5 Å². The van der Waals surface area contributed by atoms with E-state index in [0.29, 0.717) is 0 Å². The maximum atomic E-state index is 9.93. The fraction of sp³-hybridized carbons (Fsp3) is 1.00. The maximum Gasteiger partial charge on any atom is 0.0912 e. The molecule has 2 unspecified atom stereocenters. The summed E-state index contributed by atoms with van der Waals surface area (Å²) >= 11 is 0. The number of aliphatic hydroxyl groups excluding tert-OH is 1. The number of hydrogen-bond donors (Lipinski definition) is 1. The number of aliphatic hydroxyl groups is 1. The highest BCUT2D eigenvalue weighted by atomic mass is 16.5. The second-order valence-corrected chi connectivity index (χ2v) is 4.28. The fourth-order valence-electron chi connectivity index (χ4n) is 1.97. The molecule has 78 valence electrons. The lowest BCUT2D eigenvalue weighted by Gasteiger charge is -2.33. The van der Waals surface area contributed by atoms with Crippen LogP contribution in [0.2, 0.25) is 0 Å². The Hall–Kier alpha value is -0.0800. The van der Waals surface area contributed by atoms with Crippen LogP contribution in [0, 0.1) is 0 Å². The Labute approximate surface area is 81.3 Å². The number of hydrogen-bond acceptors (Lipinski definition) is 2. The van der Waals surface area contributed by atoms with E-state index >= 15 is 0 Å². The first-order chi connectivity index (χ1) is 6.19. The van der Waals surface area contributed by atoms with Gasteiger partial charge in [0.25, 0.3) is 0 Å². The van der Waals surface area contributed by atoms with Crippen molar-refractivity contribution < 1.29 is 9.84 Å². The van der Waals surface area contributed by atoms with Gasteiger partial charge >= 0.3 is 0 Å². The normalized spacial score (nSPS) is 32.5. The summed E-state index contributed by atoms with van der Waals surface area (Å²) in [5, 5.41) is 9.93. The molecule has 0 radical (unpaired) electrons. The molecule has 0 saturated carbocycles. The average molecular weight is 186 g/mol. The zero-order valence-corrected chi connectivity index (χ0v) is 8.88. The number of ether oxygens (including phenoxy) is 1. The van der Waals surface area contributed by atoms with Crippen LogP contribution in [0.4, 0.5) is 0 Å². The van der Waals surface area contributed by atoms with E-state index in [9.17, 15) is 5.11 Å². The van der Waals surface area contributed by atoms with Crippen molar-refractivity contribution in [1.82, 2.24) is 0 Å². The Bertz CT molecular complexity index is 137. The van der Waals surface area contributed by atoms with Crippen molar-refractivity contribution in [2.45, 2.75) is 64.1 Å². The molecule has 2 atom stereocenters. The first-order valence-corrected chi connectivity index (χ1v) is 5.51. The van der Waals surface area contributed by atoms with Crippen molar-refractivity contribution in [3.8, 4) is 0 Å². The van der Waals surface area contributed by atoms with Gasteiger partial charge in [-0.25, -0.2) is 0 Å². The minimum absolute atomic E-state index is 0.271. The highest BCUT2D eigenvalue weighted by Gasteiger charge is 2.33. The Kier molecular flexibility index (Phi) is 4.20. The Balaban J connectivity index is 2.49. The molecule has 1 rings (SSSR count). The lowest BCUT2D eigenvalue weighted by molar-refractivity contribution is -0.113. The zero-order chi connectivity index (χ0) is 9.73. The molecule has 1 saturated heterocycles. The van der Waals surface area contributed by atoms with E-state index in [2.05, 4.69) is 13.8 Å². The van der Waals surface area contributed by atoms with Gasteiger partial charge in [-0.3, -0.25) is 0 Å². The summed E-state index contributed by atoms with van der Waals surface area (Å²) in [6.45, 7) is 4.97. The third-order valence-corrected chi connectivity index (χ3v) is 3.02. The Morgan fingerprint density at radius 1 is 1.38 bits per heavy atom. The van der Waals surface area contributed by atoms with E-state index < -0.39 is 0 Å². The van der Waals surface area contributed by atoms with Gasteiger partial charge in [0.05, 0.1) is 11.7 Å². The monoisotopic (exact) mass is 186 g/mol. The quantitative estimate of drug-likeness (QED) is 0.733. The molecule has 0 amide bonds. The summed E-state index contributed by atoms with van der Waals surface area (Å²) in [4.78, 5) is 0. The molecule has 0 aromatic carbocycles. The molecule has 0 aromatic heterocycles. The molecule has 1 aliphatic heterocycles. The molecule has 1 fully saturated rings. The lowest BCUT2D eigenvalue weighted by Crippen LogP contribution is -2.41. The van der Waals surface area contributed by atoms with E-state index in [1.54, 1.807) is 0 Å². The fourth-order valence-corrected chi connectivity index (χ4v) is 1.97. The van der Waals surface area contributed by atoms with Gasteiger partial charge in [0.2, 0.25) is 0 Å². The SMILES string of the molecule is CCCC(O)C1(C)CCCCCO1. The maximum absolute atomic E-state index is 9.93. The van der Waals surface area contributed by atoms with Gasteiger partial charge in [-0.05, 0) is 26.2 Å². The highest BCUT2D eigenvalue weighted by Crippen LogP contribution is 2.29. The summed E-state index contributed by atoms with van der Waals surface area (Å²) in [6, 6.07) is 0. The third kappa shape index (κ3) is 2.96. The average Bonchev–Trinajstić information content (AvgIpc) is 2.32. The van der Waals surface area contributed by atoms with E-state index in [1.165, 1.54) is 12.8 Å². The van der Waals surface area contributed by atoms with Crippen molar-refractivity contribution in [3.05, 3.63) is 0 Å². The van der Waals surface area contributed by atoms with Crippen LogP contribution < -0.4 is 0 Å². The highest BCUT2D eigenvalue weighted by molar-refractivity contribution is 4.85. The number of rotatable bonds is 3. The second kappa shape index (κ2) is 4.97. The molecule has 2 heteroatoms. The molecule has 1 N–H and O–H groups in total. The van der Waals surface area contributed by atoms with Gasteiger partial charge in [0, 0.05) is 6.61 Å². The smallest absolute Gasteiger partial charge is 0.0912 e. The zero-order valence-electron chi connectivity index (χ0n) is 8.88. The molecular weight excluding hydrogens is 164 g/mol. The van der Waals surface area contributed by atoms with Crippen LogP contribution in [-0.4, -0.2) is 23.4 Å². The largest absolute Gasteiger partial charge is 0.390 e. The minimum Gasteiger partial charge on any atom is -0.390 e. The van der Waals surface area contributed by atoms with Gasteiger partial charge in [0.15, 0.2) is 0 Å². The first kappa shape index (κ1) is 11.0. The van der Waals surface area contributed by atoms with Gasteiger partial charge in [-0.15, -0.1) is 0 Å². The van der Waals surface area contributed by atoms with Crippen LogP contribution in [-0.2, 0) is 4.74 Å². The molecule has 0 aliphatic carbocycles. The predicted octanol–water partition coefficient (Wildman–Crippen LogP) is 2.50. The van der Waals surface area contributed by atoms with Crippen LogP contribution in [0.25, 0.3) is 0 Å². The van der Waals surface area contributed by atoms with Crippen molar-refractivity contribution in [1.29, 1.82) is 0 Å². The molecule has 0 spiro atoms. The summed E-state index contributed by atoms with van der Waals surface area (Å²) in [5.74, 6) is 0. The third-order valence-electron chi connectivity index (χ3n) is 3.02. The van der Waals surface area contributed by atoms with Crippen molar-refractivity contribution in [2.24, 2.45) is 0 Å². The predicted molar refractivity (Wildman–Crippen MR) is 53.7 cm³/mol. The molecule has 13 heavy (non-hydrogen) atoms. The van der Waals surface area contributed by atoms with Gasteiger partial charge in [-0.2, -0.15) is 0 Å². The minimum atomic E-state index is -0.282.